The summed E-state index contributed by atoms with van der Waals surface area (Å²) in [5, 5.41) is 2.71. The van der Waals surface area contributed by atoms with Crippen molar-refractivity contribution in [3.8, 4) is 0 Å². The zero-order chi connectivity index (χ0) is 16.1. The van der Waals surface area contributed by atoms with E-state index < -0.39 is 0 Å². The van der Waals surface area contributed by atoms with E-state index in [-0.39, 0.29) is 0 Å². The van der Waals surface area contributed by atoms with Crippen LogP contribution >= 0.6 is 0 Å². The van der Waals surface area contributed by atoms with Gasteiger partial charge in [0.25, 0.3) is 0 Å². The van der Waals surface area contributed by atoms with E-state index in [2.05, 4.69) is 58.5 Å². The molecule has 3 heteroatoms. The van der Waals surface area contributed by atoms with Crippen LogP contribution in [0.5, 0.6) is 0 Å². The highest BCUT2D eigenvalue weighted by Gasteiger charge is 2.40. The van der Waals surface area contributed by atoms with Crippen LogP contribution in [0.2, 0.25) is 0 Å². The van der Waals surface area contributed by atoms with Gasteiger partial charge >= 0.3 is 0 Å². The van der Waals surface area contributed by atoms with Crippen LogP contribution < -0.4 is 0 Å². The maximum Gasteiger partial charge on any atom is 0.125 e. The van der Waals surface area contributed by atoms with Crippen molar-refractivity contribution in [2.45, 2.75) is 44.8 Å². The van der Waals surface area contributed by atoms with Crippen LogP contribution in [0.3, 0.4) is 0 Å². The molecule has 2 atom stereocenters. The molecule has 0 radical (unpaired) electrons. The predicted molar refractivity (Wildman–Crippen MR) is 95.7 cm³/mol. The Balaban J connectivity index is 1.53. The summed E-state index contributed by atoms with van der Waals surface area (Å²) in [5.74, 6) is 0.899. The molecule has 5 rings (SSSR count). The highest BCUT2D eigenvalue weighted by atomic mass is 15.2. The fourth-order valence-electron chi connectivity index (χ4n) is 4.55. The Morgan fingerprint density at radius 2 is 1.96 bits per heavy atom. The molecule has 1 saturated heterocycles. The molecule has 120 valence electrons. The van der Waals surface area contributed by atoms with E-state index in [9.17, 15) is 0 Å². The van der Waals surface area contributed by atoms with Gasteiger partial charge in [0, 0.05) is 36.8 Å². The van der Waals surface area contributed by atoms with Gasteiger partial charge in [0.05, 0.1) is 5.69 Å². The van der Waals surface area contributed by atoms with Crippen LogP contribution in [0.1, 0.15) is 41.5 Å². The number of aryl methyl sites for hydroxylation is 1. The van der Waals surface area contributed by atoms with E-state index in [0.29, 0.717) is 12.1 Å². The van der Waals surface area contributed by atoms with Crippen molar-refractivity contribution in [1.29, 1.82) is 0 Å². The van der Waals surface area contributed by atoms with Gasteiger partial charge in [0.2, 0.25) is 0 Å². The highest BCUT2D eigenvalue weighted by Crippen LogP contribution is 2.44. The Morgan fingerprint density at radius 1 is 1.08 bits per heavy atom. The van der Waals surface area contributed by atoms with Gasteiger partial charge in [-0.1, -0.05) is 42.5 Å². The first kappa shape index (κ1) is 14.1. The van der Waals surface area contributed by atoms with Crippen LogP contribution in [0, 0.1) is 6.92 Å². The summed E-state index contributed by atoms with van der Waals surface area (Å²) in [7, 11) is 0. The molecule has 0 spiro atoms. The van der Waals surface area contributed by atoms with E-state index in [0.717, 1.165) is 18.8 Å². The van der Waals surface area contributed by atoms with E-state index in [1.54, 1.807) is 0 Å². The normalized spacial score (nSPS) is 22.7. The fourth-order valence-corrected chi connectivity index (χ4v) is 4.55. The summed E-state index contributed by atoms with van der Waals surface area (Å²) in [6, 6.07) is 16.5. The summed E-state index contributed by atoms with van der Waals surface area (Å²) >= 11 is 0. The average Bonchev–Trinajstić information content (AvgIpc) is 2.88. The predicted octanol–water partition coefficient (Wildman–Crippen LogP) is 4.20. The van der Waals surface area contributed by atoms with Crippen LogP contribution in [0.4, 0.5) is 0 Å². The van der Waals surface area contributed by atoms with Gasteiger partial charge in [-0.3, -0.25) is 4.90 Å². The minimum Gasteiger partial charge on any atom is -0.289 e. The molecular weight excluding hydrogens is 294 g/mol. The second kappa shape index (κ2) is 5.38. The SMILES string of the molecule is Cc1ncc2c(n1)C[C@@H]1CC[C@@H]2N1Cc1cccc2ccccc12. The van der Waals surface area contributed by atoms with Crippen molar-refractivity contribution < 1.29 is 0 Å². The zero-order valence-electron chi connectivity index (χ0n) is 13.9. The molecule has 3 aromatic rings. The Hall–Kier alpha value is -2.26. The zero-order valence-corrected chi connectivity index (χ0v) is 13.9. The molecule has 3 heterocycles. The fraction of sp³-hybridized carbons (Fsp3) is 0.333. The molecule has 0 saturated carbocycles. The highest BCUT2D eigenvalue weighted by molar-refractivity contribution is 5.85. The second-order valence-corrected chi connectivity index (χ2v) is 7.08. The molecule has 2 aliphatic rings. The van der Waals surface area contributed by atoms with Crippen molar-refractivity contribution in [2.75, 3.05) is 0 Å². The lowest BCUT2D eigenvalue weighted by atomic mass is 9.97. The van der Waals surface area contributed by atoms with Crippen LogP contribution in [0.25, 0.3) is 10.8 Å². The minimum absolute atomic E-state index is 0.485. The molecule has 1 aromatic heterocycles. The third-order valence-corrected chi connectivity index (χ3v) is 5.68. The first-order valence-corrected chi connectivity index (χ1v) is 8.84. The van der Waals surface area contributed by atoms with Crippen LogP contribution in [-0.4, -0.2) is 20.9 Å². The Bertz CT molecular complexity index is 913. The summed E-state index contributed by atoms with van der Waals surface area (Å²) in [5.41, 5.74) is 4.07. The Morgan fingerprint density at radius 3 is 2.92 bits per heavy atom. The number of rotatable bonds is 2. The lowest BCUT2D eigenvalue weighted by Crippen LogP contribution is -2.37. The number of fused-ring (bicyclic) bond motifs is 5. The molecule has 0 N–H and O–H groups in total. The average molecular weight is 315 g/mol. The maximum atomic E-state index is 4.71. The first-order chi connectivity index (χ1) is 11.8. The number of hydrogen-bond acceptors (Lipinski definition) is 3. The van der Waals surface area contributed by atoms with Gasteiger partial charge in [0.1, 0.15) is 5.82 Å². The molecule has 3 nitrogen and oxygen atoms in total. The van der Waals surface area contributed by atoms with E-state index in [1.165, 1.54) is 40.4 Å². The van der Waals surface area contributed by atoms with Crippen molar-refractivity contribution in [3.63, 3.8) is 0 Å². The van der Waals surface area contributed by atoms with Crippen molar-refractivity contribution >= 4 is 10.8 Å². The van der Waals surface area contributed by atoms with Gasteiger partial charge in [-0.15, -0.1) is 0 Å². The van der Waals surface area contributed by atoms with Crippen molar-refractivity contribution in [1.82, 2.24) is 14.9 Å². The molecular formula is C21H21N3. The molecule has 2 aliphatic heterocycles. The second-order valence-electron chi connectivity index (χ2n) is 7.08. The van der Waals surface area contributed by atoms with Gasteiger partial charge in [-0.05, 0) is 36.1 Å². The largest absolute Gasteiger partial charge is 0.289 e. The van der Waals surface area contributed by atoms with Gasteiger partial charge in [-0.25, -0.2) is 9.97 Å². The minimum atomic E-state index is 0.485. The standard InChI is InChI=1S/C21H21N3/c1-14-22-12-19-20(23-14)11-17-9-10-21(19)24(17)13-16-7-4-6-15-5-2-3-8-18(15)16/h2-8,12,17,21H,9-11,13H2,1H3/t17-,21-/m0/s1. The molecule has 0 unspecified atom stereocenters. The third-order valence-electron chi connectivity index (χ3n) is 5.68. The van der Waals surface area contributed by atoms with E-state index >= 15 is 0 Å². The number of aromatic nitrogens is 2. The quantitative estimate of drug-likeness (QED) is 0.709. The third kappa shape index (κ3) is 2.15. The number of benzene rings is 2. The summed E-state index contributed by atoms with van der Waals surface area (Å²) in [6.07, 6.45) is 5.64. The topological polar surface area (TPSA) is 29.0 Å². The van der Waals surface area contributed by atoms with E-state index in [1.807, 2.05) is 6.92 Å². The van der Waals surface area contributed by atoms with Crippen LogP contribution in [-0.2, 0) is 13.0 Å². The summed E-state index contributed by atoms with van der Waals surface area (Å²) in [6.45, 7) is 3.01. The summed E-state index contributed by atoms with van der Waals surface area (Å²) < 4.78 is 0. The number of hydrogen-bond donors (Lipinski definition) is 0. The van der Waals surface area contributed by atoms with Gasteiger partial charge < -0.3 is 0 Å². The maximum absolute atomic E-state index is 4.71. The first-order valence-electron chi connectivity index (χ1n) is 8.84. The monoisotopic (exact) mass is 315 g/mol. The molecule has 0 aliphatic carbocycles. The Labute approximate surface area is 142 Å². The smallest absolute Gasteiger partial charge is 0.125 e. The van der Waals surface area contributed by atoms with Gasteiger partial charge in [0.15, 0.2) is 0 Å². The lowest BCUT2D eigenvalue weighted by molar-refractivity contribution is 0.166. The number of nitrogens with zero attached hydrogens (tertiary/aromatic N) is 3. The molecule has 2 bridgehead atoms. The van der Waals surface area contributed by atoms with E-state index in [4.69, 9.17) is 4.98 Å². The lowest BCUT2D eigenvalue weighted by Gasteiger charge is -2.35. The summed E-state index contributed by atoms with van der Waals surface area (Å²) in [4.78, 5) is 11.9. The van der Waals surface area contributed by atoms with Crippen molar-refractivity contribution in [2.24, 2.45) is 0 Å². The van der Waals surface area contributed by atoms with Crippen LogP contribution in [0.15, 0.2) is 48.7 Å². The Kier molecular flexibility index (Phi) is 3.17. The molecule has 2 aromatic carbocycles. The van der Waals surface area contributed by atoms with Crippen molar-refractivity contribution in [3.05, 3.63) is 71.3 Å². The van der Waals surface area contributed by atoms with Gasteiger partial charge in [-0.2, -0.15) is 0 Å². The molecule has 0 amide bonds. The molecule has 24 heavy (non-hydrogen) atoms. The molecule has 1 fully saturated rings.